The van der Waals surface area contributed by atoms with E-state index in [0.29, 0.717) is 19.4 Å². The maximum atomic E-state index is 11.5. The quantitative estimate of drug-likeness (QED) is 0.850. The third-order valence-corrected chi connectivity index (χ3v) is 3.69. The minimum absolute atomic E-state index is 0.496. The Kier molecular flexibility index (Phi) is 3.15. The van der Waals surface area contributed by atoms with Crippen molar-refractivity contribution < 1.29 is 14.5 Å². The number of aromatic nitrogens is 2. The van der Waals surface area contributed by atoms with E-state index in [2.05, 4.69) is 14.9 Å². The first-order valence-electron chi connectivity index (χ1n) is 5.86. The minimum atomic E-state index is -0.745. The molecule has 2 heterocycles. The van der Waals surface area contributed by atoms with E-state index in [1.807, 2.05) is 18.7 Å². The van der Waals surface area contributed by atoms with Gasteiger partial charge >= 0.3 is 5.97 Å². The molecule has 1 aromatic heterocycles. The van der Waals surface area contributed by atoms with Crippen molar-refractivity contribution in [2.75, 3.05) is 6.54 Å². The number of hydrogen-bond donors (Lipinski definition) is 1. The molecule has 1 aliphatic rings. The van der Waals surface area contributed by atoms with Gasteiger partial charge in [0.1, 0.15) is 16.9 Å². The highest BCUT2D eigenvalue weighted by Gasteiger charge is 2.46. The minimum Gasteiger partial charge on any atom is -0.480 e. The fraction of sp³-hybridized carbons (Fsp3) is 0.727. The molecule has 0 radical (unpaired) electrons. The van der Waals surface area contributed by atoms with Gasteiger partial charge in [0, 0.05) is 6.54 Å². The number of likely N-dealkylation sites (tertiary alicyclic amines) is 1. The Bertz CT molecular complexity index is 418. The van der Waals surface area contributed by atoms with Gasteiger partial charge in [-0.2, -0.15) is 0 Å². The van der Waals surface area contributed by atoms with Crippen LogP contribution >= 0.6 is 0 Å². The van der Waals surface area contributed by atoms with E-state index >= 15 is 0 Å². The van der Waals surface area contributed by atoms with Crippen LogP contribution in [-0.4, -0.2) is 38.4 Å². The highest BCUT2D eigenvalue weighted by molar-refractivity contribution is 5.79. The third-order valence-electron chi connectivity index (χ3n) is 3.69. The number of aryl methyl sites for hydroxylation is 1. The molecule has 6 nitrogen and oxygen atoms in total. The van der Waals surface area contributed by atoms with E-state index in [0.717, 1.165) is 24.4 Å². The van der Waals surface area contributed by atoms with Crippen LogP contribution in [0.4, 0.5) is 0 Å². The smallest absolute Gasteiger partial charge is 0.324 e. The molecule has 94 valence electrons. The van der Waals surface area contributed by atoms with Crippen molar-refractivity contribution in [1.82, 2.24) is 15.2 Å². The lowest BCUT2D eigenvalue weighted by Crippen LogP contribution is -2.49. The summed E-state index contributed by atoms with van der Waals surface area (Å²) in [6, 6.07) is 0. The molecule has 0 saturated carbocycles. The first-order valence-corrected chi connectivity index (χ1v) is 5.86. The Morgan fingerprint density at radius 1 is 1.59 bits per heavy atom. The van der Waals surface area contributed by atoms with E-state index < -0.39 is 11.5 Å². The topological polar surface area (TPSA) is 79.5 Å². The van der Waals surface area contributed by atoms with Gasteiger partial charge in [-0.1, -0.05) is 17.2 Å². The van der Waals surface area contributed by atoms with Crippen molar-refractivity contribution in [1.29, 1.82) is 0 Å². The molecule has 0 bridgehead atoms. The summed E-state index contributed by atoms with van der Waals surface area (Å²) in [7, 11) is 0. The van der Waals surface area contributed by atoms with Crippen LogP contribution in [-0.2, 0) is 11.3 Å². The molecule has 1 saturated heterocycles. The zero-order chi connectivity index (χ0) is 12.5. The lowest BCUT2D eigenvalue weighted by atomic mass is 9.93. The highest BCUT2D eigenvalue weighted by atomic mass is 16.6. The molecule has 1 aliphatic heterocycles. The van der Waals surface area contributed by atoms with Crippen LogP contribution in [0.1, 0.15) is 37.6 Å². The number of aliphatic carboxylic acids is 1. The number of carboxylic acid groups (broad SMARTS) is 1. The maximum Gasteiger partial charge on any atom is 0.324 e. The number of carboxylic acids is 1. The first-order chi connectivity index (χ1) is 8.10. The predicted molar refractivity (Wildman–Crippen MR) is 59.3 cm³/mol. The molecule has 1 unspecified atom stereocenters. The molecule has 1 atom stereocenters. The van der Waals surface area contributed by atoms with Crippen LogP contribution in [0.5, 0.6) is 0 Å². The second-order valence-electron chi connectivity index (χ2n) is 4.51. The highest BCUT2D eigenvalue weighted by Crippen LogP contribution is 2.34. The zero-order valence-electron chi connectivity index (χ0n) is 10.1. The third kappa shape index (κ3) is 1.93. The van der Waals surface area contributed by atoms with E-state index in [9.17, 15) is 9.90 Å². The fourth-order valence-electron chi connectivity index (χ4n) is 2.53. The van der Waals surface area contributed by atoms with Crippen LogP contribution in [0.15, 0.2) is 4.63 Å². The average Bonchev–Trinajstić information content (AvgIpc) is 2.87. The summed E-state index contributed by atoms with van der Waals surface area (Å²) in [5, 5.41) is 17.0. The Morgan fingerprint density at radius 3 is 2.88 bits per heavy atom. The Hall–Kier alpha value is -1.43. The van der Waals surface area contributed by atoms with E-state index in [4.69, 9.17) is 0 Å². The number of rotatable bonds is 4. The molecular formula is C11H17N3O3. The number of nitrogens with zero attached hydrogens (tertiary/aromatic N) is 3. The predicted octanol–water partition coefficient (Wildman–Crippen LogP) is 1.21. The van der Waals surface area contributed by atoms with Gasteiger partial charge in [-0.25, -0.2) is 4.63 Å². The van der Waals surface area contributed by atoms with Crippen molar-refractivity contribution in [2.24, 2.45) is 0 Å². The second kappa shape index (κ2) is 4.44. The largest absolute Gasteiger partial charge is 0.480 e. The molecular weight excluding hydrogens is 222 g/mol. The maximum absolute atomic E-state index is 11.5. The van der Waals surface area contributed by atoms with Crippen molar-refractivity contribution >= 4 is 5.97 Å². The SMILES string of the molecule is CCC1(C(=O)O)CCCN1Cc1nonc1C. The van der Waals surface area contributed by atoms with Gasteiger partial charge in [0.25, 0.3) is 0 Å². The van der Waals surface area contributed by atoms with E-state index in [-0.39, 0.29) is 0 Å². The summed E-state index contributed by atoms with van der Waals surface area (Å²) in [5.74, 6) is -0.744. The van der Waals surface area contributed by atoms with Crippen molar-refractivity contribution in [3.8, 4) is 0 Å². The van der Waals surface area contributed by atoms with Crippen LogP contribution in [0.25, 0.3) is 0 Å². The molecule has 1 aromatic rings. The fourth-order valence-corrected chi connectivity index (χ4v) is 2.53. The van der Waals surface area contributed by atoms with E-state index in [1.165, 1.54) is 0 Å². The normalized spacial score (nSPS) is 25.3. The van der Waals surface area contributed by atoms with Gasteiger partial charge < -0.3 is 5.11 Å². The summed E-state index contributed by atoms with van der Waals surface area (Å²) in [6.45, 7) is 5.01. The molecule has 1 fully saturated rings. The average molecular weight is 239 g/mol. The molecule has 17 heavy (non-hydrogen) atoms. The Morgan fingerprint density at radius 2 is 2.35 bits per heavy atom. The van der Waals surface area contributed by atoms with Gasteiger partial charge in [-0.15, -0.1) is 0 Å². The van der Waals surface area contributed by atoms with Crippen LogP contribution in [0, 0.1) is 6.92 Å². The van der Waals surface area contributed by atoms with Crippen LogP contribution < -0.4 is 0 Å². The summed E-state index contributed by atoms with van der Waals surface area (Å²) >= 11 is 0. The van der Waals surface area contributed by atoms with Crippen LogP contribution in [0.2, 0.25) is 0 Å². The standard InChI is InChI=1S/C11H17N3O3/c1-3-11(10(15)16)5-4-6-14(11)7-9-8(2)12-17-13-9/h3-7H2,1-2H3,(H,15,16). The molecule has 6 heteroatoms. The van der Waals surface area contributed by atoms with Gasteiger partial charge in [0.05, 0.1) is 0 Å². The van der Waals surface area contributed by atoms with E-state index in [1.54, 1.807) is 0 Å². The summed E-state index contributed by atoms with van der Waals surface area (Å²) in [4.78, 5) is 13.5. The lowest BCUT2D eigenvalue weighted by molar-refractivity contribution is -0.150. The number of hydrogen-bond acceptors (Lipinski definition) is 5. The molecule has 2 rings (SSSR count). The Labute approximate surface area is 99.6 Å². The second-order valence-corrected chi connectivity index (χ2v) is 4.51. The molecule has 0 amide bonds. The van der Waals surface area contributed by atoms with Crippen molar-refractivity contribution in [3.63, 3.8) is 0 Å². The molecule has 0 aromatic carbocycles. The summed E-state index contributed by atoms with van der Waals surface area (Å²) in [6.07, 6.45) is 2.21. The monoisotopic (exact) mass is 239 g/mol. The summed E-state index contributed by atoms with van der Waals surface area (Å²) < 4.78 is 4.64. The van der Waals surface area contributed by atoms with Crippen molar-refractivity contribution in [3.05, 3.63) is 11.4 Å². The molecule has 0 spiro atoms. The zero-order valence-corrected chi connectivity index (χ0v) is 10.1. The van der Waals surface area contributed by atoms with Crippen molar-refractivity contribution in [2.45, 2.75) is 45.2 Å². The summed E-state index contributed by atoms with van der Waals surface area (Å²) in [5.41, 5.74) is 0.712. The molecule has 0 aliphatic carbocycles. The van der Waals surface area contributed by atoms with Gasteiger partial charge in [0.15, 0.2) is 0 Å². The van der Waals surface area contributed by atoms with Crippen LogP contribution in [0.3, 0.4) is 0 Å². The van der Waals surface area contributed by atoms with Gasteiger partial charge in [-0.3, -0.25) is 9.69 Å². The lowest BCUT2D eigenvalue weighted by Gasteiger charge is -2.33. The Balaban J connectivity index is 2.20. The van der Waals surface area contributed by atoms with Gasteiger partial charge in [-0.05, 0) is 32.7 Å². The van der Waals surface area contributed by atoms with Gasteiger partial charge in [0.2, 0.25) is 0 Å². The first kappa shape index (κ1) is 12.0. The molecule has 1 N–H and O–H groups in total. The number of carbonyl (C=O) groups is 1.